The van der Waals surface area contributed by atoms with Gasteiger partial charge in [0.25, 0.3) is 0 Å². The van der Waals surface area contributed by atoms with Gasteiger partial charge in [0.15, 0.2) is 0 Å². The second kappa shape index (κ2) is 7.50. The van der Waals surface area contributed by atoms with Gasteiger partial charge in [0.05, 0.1) is 19.8 Å². The molecule has 1 atom stereocenters. The summed E-state index contributed by atoms with van der Waals surface area (Å²) in [5.41, 5.74) is 1.02. The normalized spacial score (nSPS) is 12.5. The Hall–Kier alpha value is -0.810. The summed E-state index contributed by atoms with van der Waals surface area (Å²) in [5, 5.41) is 21.5. The van der Waals surface area contributed by atoms with Crippen LogP contribution in [0.4, 0.5) is 0 Å². The predicted octanol–water partition coefficient (Wildman–Crippen LogP) is 0.834. The van der Waals surface area contributed by atoms with Gasteiger partial charge < -0.3 is 20.3 Å². The SMILES string of the molecule is COc1ccc(Cl)cc1CCNCC(O)CO. The first-order valence-electron chi connectivity index (χ1n) is 5.49. The van der Waals surface area contributed by atoms with E-state index in [1.807, 2.05) is 12.1 Å². The Morgan fingerprint density at radius 2 is 2.24 bits per heavy atom. The molecular formula is C12H18ClNO3. The molecule has 0 aliphatic heterocycles. The van der Waals surface area contributed by atoms with Gasteiger partial charge >= 0.3 is 0 Å². The van der Waals surface area contributed by atoms with Gasteiger partial charge in [0, 0.05) is 11.6 Å². The fourth-order valence-electron chi connectivity index (χ4n) is 1.50. The van der Waals surface area contributed by atoms with Crippen molar-refractivity contribution in [3.05, 3.63) is 28.8 Å². The Balaban J connectivity index is 2.42. The minimum absolute atomic E-state index is 0.229. The molecule has 1 rings (SSSR count). The van der Waals surface area contributed by atoms with E-state index in [1.54, 1.807) is 13.2 Å². The molecule has 3 N–H and O–H groups in total. The van der Waals surface area contributed by atoms with E-state index in [2.05, 4.69) is 5.32 Å². The van der Waals surface area contributed by atoms with Gasteiger partial charge in [-0.3, -0.25) is 0 Å². The average Bonchev–Trinajstić information content (AvgIpc) is 2.34. The van der Waals surface area contributed by atoms with E-state index in [0.717, 1.165) is 17.7 Å². The number of hydrogen-bond donors (Lipinski definition) is 3. The van der Waals surface area contributed by atoms with Crippen LogP contribution in [-0.4, -0.2) is 43.1 Å². The first-order valence-corrected chi connectivity index (χ1v) is 5.87. The fraction of sp³-hybridized carbons (Fsp3) is 0.500. The minimum atomic E-state index is -0.712. The van der Waals surface area contributed by atoms with Crippen LogP contribution in [0.5, 0.6) is 5.75 Å². The standard InChI is InChI=1S/C12H18ClNO3/c1-17-12-3-2-10(13)6-9(12)4-5-14-7-11(16)8-15/h2-3,6,11,14-16H,4-5,7-8H2,1H3. The molecule has 0 saturated carbocycles. The molecule has 0 aliphatic rings. The molecule has 0 amide bonds. The maximum absolute atomic E-state index is 9.14. The molecule has 0 spiro atoms. The van der Waals surface area contributed by atoms with Crippen molar-refractivity contribution < 1.29 is 14.9 Å². The van der Waals surface area contributed by atoms with Crippen molar-refractivity contribution in [2.45, 2.75) is 12.5 Å². The van der Waals surface area contributed by atoms with E-state index in [9.17, 15) is 0 Å². The zero-order valence-electron chi connectivity index (χ0n) is 9.82. The molecule has 17 heavy (non-hydrogen) atoms. The summed E-state index contributed by atoms with van der Waals surface area (Å²) in [6.45, 7) is 0.834. The summed E-state index contributed by atoms with van der Waals surface area (Å²) in [5.74, 6) is 0.805. The van der Waals surface area contributed by atoms with Crippen molar-refractivity contribution in [1.29, 1.82) is 0 Å². The van der Waals surface area contributed by atoms with Crippen LogP contribution < -0.4 is 10.1 Å². The highest BCUT2D eigenvalue weighted by atomic mass is 35.5. The Morgan fingerprint density at radius 3 is 2.88 bits per heavy atom. The summed E-state index contributed by atoms with van der Waals surface area (Å²) in [6.07, 6.45) is 0.0401. The molecule has 0 aromatic heterocycles. The highest BCUT2D eigenvalue weighted by Crippen LogP contribution is 2.22. The Kier molecular flexibility index (Phi) is 6.29. The largest absolute Gasteiger partial charge is 0.496 e. The summed E-state index contributed by atoms with van der Waals surface area (Å²) >= 11 is 5.91. The van der Waals surface area contributed by atoms with Gasteiger partial charge in [-0.1, -0.05) is 11.6 Å². The van der Waals surface area contributed by atoms with Gasteiger partial charge in [0.2, 0.25) is 0 Å². The molecule has 1 aromatic rings. The Labute approximate surface area is 106 Å². The summed E-state index contributed by atoms with van der Waals surface area (Å²) in [4.78, 5) is 0. The Bertz CT molecular complexity index is 347. The van der Waals surface area contributed by atoms with Gasteiger partial charge in [0.1, 0.15) is 5.75 Å². The van der Waals surface area contributed by atoms with Crippen LogP contribution in [0.1, 0.15) is 5.56 Å². The Morgan fingerprint density at radius 1 is 1.47 bits per heavy atom. The number of aliphatic hydroxyl groups excluding tert-OH is 2. The second-order valence-corrected chi connectivity index (χ2v) is 4.18. The fourth-order valence-corrected chi connectivity index (χ4v) is 1.69. The van der Waals surface area contributed by atoms with E-state index in [4.69, 9.17) is 26.6 Å². The van der Waals surface area contributed by atoms with Crippen LogP contribution in [0.15, 0.2) is 18.2 Å². The lowest BCUT2D eigenvalue weighted by Crippen LogP contribution is -2.30. The molecule has 1 aromatic carbocycles. The van der Waals surface area contributed by atoms with Gasteiger partial charge in [-0.2, -0.15) is 0 Å². The van der Waals surface area contributed by atoms with Crippen molar-refractivity contribution in [2.24, 2.45) is 0 Å². The highest BCUT2D eigenvalue weighted by Gasteiger charge is 2.04. The maximum atomic E-state index is 9.14. The third kappa shape index (κ3) is 4.91. The third-order valence-corrected chi connectivity index (χ3v) is 2.64. The molecule has 1 unspecified atom stereocenters. The van der Waals surface area contributed by atoms with Crippen LogP contribution in [0.25, 0.3) is 0 Å². The molecule has 0 saturated heterocycles. The second-order valence-electron chi connectivity index (χ2n) is 3.75. The predicted molar refractivity (Wildman–Crippen MR) is 67.7 cm³/mol. The number of methoxy groups -OCH3 is 1. The molecule has 0 fully saturated rings. The number of halogens is 1. The third-order valence-electron chi connectivity index (χ3n) is 2.40. The number of aliphatic hydroxyl groups is 2. The van der Waals surface area contributed by atoms with E-state index in [-0.39, 0.29) is 6.61 Å². The number of ether oxygens (including phenoxy) is 1. The van der Waals surface area contributed by atoms with Gasteiger partial charge in [-0.05, 0) is 36.7 Å². The monoisotopic (exact) mass is 259 g/mol. The van der Waals surface area contributed by atoms with Gasteiger partial charge in [-0.15, -0.1) is 0 Å². The van der Waals surface area contributed by atoms with Crippen molar-refractivity contribution in [2.75, 3.05) is 26.8 Å². The molecule has 4 nitrogen and oxygen atoms in total. The van der Waals surface area contributed by atoms with Crippen LogP contribution in [0, 0.1) is 0 Å². The average molecular weight is 260 g/mol. The molecular weight excluding hydrogens is 242 g/mol. The van der Waals surface area contributed by atoms with Crippen molar-refractivity contribution in [3.63, 3.8) is 0 Å². The summed E-state index contributed by atoms with van der Waals surface area (Å²) < 4.78 is 5.22. The van der Waals surface area contributed by atoms with Crippen LogP contribution >= 0.6 is 11.6 Å². The van der Waals surface area contributed by atoms with E-state index in [1.165, 1.54) is 0 Å². The van der Waals surface area contributed by atoms with Crippen molar-refractivity contribution in [1.82, 2.24) is 5.32 Å². The van der Waals surface area contributed by atoms with Crippen LogP contribution in [0.3, 0.4) is 0 Å². The molecule has 0 aliphatic carbocycles. The smallest absolute Gasteiger partial charge is 0.122 e. The molecule has 5 heteroatoms. The number of rotatable bonds is 7. The lowest BCUT2D eigenvalue weighted by molar-refractivity contribution is 0.0947. The van der Waals surface area contributed by atoms with Crippen molar-refractivity contribution in [3.8, 4) is 5.75 Å². The van der Waals surface area contributed by atoms with E-state index in [0.29, 0.717) is 18.1 Å². The molecule has 0 radical (unpaired) electrons. The lowest BCUT2D eigenvalue weighted by atomic mass is 10.1. The summed E-state index contributed by atoms with van der Waals surface area (Å²) in [7, 11) is 1.62. The topological polar surface area (TPSA) is 61.7 Å². The molecule has 96 valence electrons. The zero-order valence-corrected chi connectivity index (χ0v) is 10.6. The summed E-state index contributed by atoms with van der Waals surface area (Å²) in [6, 6.07) is 5.48. The van der Waals surface area contributed by atoms with E-state index < -0.39 is 6.10 Å². The first-order chi connectivity index (χ1) is 8.17. The van der Waals surface area contributed by atoms with E-state index >= 15 is 0 Å². The van der Waals surface area contributed by atoms with Crippen molar-refractivity contribution >= 4 is 11.6 Å². The lowest BCUT2D eigenvalue weighted by Gasteiger charge is -2.11. The maximum Gasteiger partial charge on any atom is 0.122 e. The quantitative estimate of drug-likeness (QED) is 0.635. The van der Waals surface area contributed by atoms with Crippen LogP contribution in [0.2, 0.25) is 5.02 Å². The van der Waals surface area contributed by atoms with Gasteiger partial charge in [-0.25, -0.2) is 0 Å². The first kappa shape index (κ1) is 14.3. The van der Waals surface area contributed by atoms with Crippen LogP contribution in [-0.2, 0) is 6.42 Å². The number of benzene rings is 1. The minimum Gasteiger partial charge on any atom is -0.496 e. The zero-order chi connectivity index (χ0) is 12.7. The number of nitrogens with one attached hydrogen (secondary N) is 1. The molecule has 0 bridgehead atoms. The molecule has 0 heterocycles. The highest BCUT2D eigenvalue weighted by molar-refractivity contribution is 6.30. The number of hydrogen-bond acceptors (Lipinski definition) is 4.